The second kappa shape index (κ2) is 3.29. The van der Waals surface area contributed by atoms with E-state index in [2.05, 4.69) is 0 Å². The molecule has 2 rings (SSSR count). The van der Waals surface area contributed by atoms with Crippen LogP contribution in [0, 0.1) is 5.41 Å². The average molecular weight is 200 g/mol. The zero-order chi connectivity index (χ0) is 10.3. The monoisotopic (exact) mass is 200 g/mol. The van der Waals surface area contributed by atoms with Crippen molar-refractivity contribution < 1.29 is 19.7 Å². The highest BCUT2D eigenvalue weighted by Crippen LogP contribution is 2.46. The lowest BCUT2D eigenvalue weighted by atomic mass is 9.70. The standard InChI is InChI=1S/C10H16O4/c1-10-3-2-6(12)4-8(10)14-7(5-11)9(10)13/h7-9,11,13H,2-5H2,1H3/t7-,8+,9+,10-/m0/s1. The van der Waals surface area contributed by atoms with Crippen LogP contribution in [0.15, 0.2) is 0 Å². The van der Waals surface area contributed by atoms with Crippen LogP contribution in [0.25, 0.3) is 0 Å². The van der Waals surface area contributed by atoms with Crippen molar-refractivity contribution in [1.29, 1.82) is 0 Å². The second-order valence-corrected chi connectivity index (χ2v) is 4.54. The number of ketones is 1. The van der Waals surface area contributed by atoms with Crippen LogP contribution in [0.1, 0.15) is 26.2 Å². The van der Waals surface area contributed by atoms with Gasteiger partial charge in [0.15, 0.2) is 0 Å². The molecule has 1 aliphatic carbocycles. The maximum Gasteiger partial charge on any atom is 0.135 e. The van der Waals surface area contributed by atoms with Crippen molar-refractivity contribution in [2.75, 3.05) is 6.61 Å². The molecule has 1 heterocycles. The lowest BCUT2D eigenvalue weighted by Crippen LogP contribution is -2.43. The predicted octanol–water partition coefficient (Wildman–Crippen LogP) is -0.134. The third-order valence-corrected chi connectivity index (χ3v) is 3.64. The number of carbonyl (C=O) groups excluding carboxylic acids is 1. The number of rotatable bonds is 1. The first-order valence-electron chi connectivity index (χ1n) is 5.04. The zero-order valence-electron chi connectivity index (χ0n) is 8.27. The molecule has 0 aromatic heterocycles. The number of aliphatic hydroxyl groups excluding tert-OH is 2. The van der Waals surface area contributed by atoms with E-state index in [0.717, 1.165) is 0 Å². The summed E-state index contributed by atoms with van der Waals surface area (Å²) >= 11 is 0. The first-order chi connectivity index (χ1) is 6.58. The van der Waals surface area contributed by atoms with Gasteiger partial charge in [-0.05, 0) is 6.42 Å². The summed E-state index contributed by atoms with van der Waals surface area (Å²) in [4.78, 5) is 11.2. The first kappa shape index (κ1) is 10.1. The normalized spacial score (nSPS) is 47.9. The summed E-state index contributed by atoms with van der Waals surface area (Å²) < 4.78 is 5.48. The van der Waals surface area contributed by atoms with E-state index < -0.39 is 12.2 Å². The molecule has 2 aliphatic rings. The quantitative estimate of drug-likeness (QED) is 0.618. The van der Waals surface area contributed by atoms with Crippen molar-refractivity contribution in [3.05, 3.63) is 0 Å². The van der Waals surface area contributed by atoms with Crippen LogP contribution in [0.3, 0.4) is 0 Å². The van der Waals surface area contributed by atoms with Crippen LogP contribution in [0.4, 0.5) is 0 Å². The van der Waals surface area contributed by atoms with Crippen molar-refractivity contribution in [2.24, 2.45) is 5.41 Å². The van der Waals surface area contributed by atoms with Crippen LogP contribution in [0.5, 0.6) is 0 Å². The molecule has 4 heteroatoms. The van der Waals surface area contributed by atoms with E-state index in [-0.39, 0.29) is 23.9 Å². The van der Waals surface area contributed by atoms with Gasteiger partial charge in [0.05, 0.1) is 18.8 Å². The molecule has 14 heavy (non-hydrogen) atoms. The van der Waals surface area contributed by atoms with Gasteiger partial charge in [0.2, 0.25) is 0 Å². The van der Waals surface area contributed by atoms with Gasteiger partial charge in [0.1, 0.15) is 11.9 Å². The van der Waals surface area contributed by atoms with E-state index in [1.54, 1.807) is 0 Å². The molecule has 0 aromatic rings. The summed E-state index contributed by atoms with van der Waals surface area (Å²) in [5.74, 6) is 0.193. The van der Waals surface area contributed by atoms with Crippen LogP contribution < -0.4 is 0 Å². The lowest BCUT2D eigenvalue weighted by molar-refractivity contribution is -0.128. The molecule has 4 atom stereocenters. The molecular weight excluding hydrogens is 184 g/mol. The fraction of sp³-hybridized carbons (Fsp3) is 0.900. The average Bonchev–Trinajstić information content (AvgIpc) is 2.41. The highest BCUT2D eigenvalue weighted by molar-refractivity contribution is 5.80. The van der Waals surface area contributed by atoms with E-state index in [1.165, 1.54) is 0 Å². The Kier molecular flexibility index (Phi) is 2.37. The Balaban J connectivity index is 2.19. The van der Waals surface area contributed by atoms with Gasteiger partial charge in [-0.3, -0.25) is 4.79 Å². The minimum Gasteiger partial charge on any atom is -0.394 e. The van der Waals surface area contributed by atoms with E-state index in [1.807, 2.05) is 6.92 Å². The third kappa shape index (κ3) is 1.29. The Bertz CT molecular complexity index is 253. The number of ether oxygens (including phenoxy) is 1. The molecule has 0 aromatic carbocycles. The molecule has 1 saturated heterocycles. The predicted molar refractivity (Wildman–Crippen MR) is 48.7 cm³/mol. The maximum absolute atomic E-state index is 11.2. The smallest absolute Gasteiger partial charge is 0.135 e. The van der Waals surface area contributed by atoms with Crippen molar-refractivity contribution >= 4 is 5.78 Å². The van der Waals surface area contributed by atoms with E-state index in [4.69, 9.17) is 9.84 Å². The Morgan fingerprint density at radius 2 is 2.36 bits per heavy atom. The van der Waals surface area contributed by atoms with Gasteiger partial charge in [-0.2, -0.15) is 0 Å². The van der Waals surface area contributed by atoms with Crippen LogP contribution >= 0.6 is 0 Å². The molecule has 0 radical (unpaired) electrons. The molecule has 0 spiro atoms. The molecule has 80 valence electrons. The van der Waals surface area contributed by atoms with Crippen molar-refractivity contribution in [2.45, 2.75) is 44.5 Å². The Morgan fingerprint density at radius 1 is 1.64 bits per heavy atom. The molecule has 0 amide bonds. The minimum absolute atomic E-state index is 0.179. The van der Waals surface area contributed by atoms with E-state index >= 15 is 0 Å². The molecule has 1 saturated carbocycles. The number of aliphatic hydroxyl groups is 2. The molecule has 2 N–H and O–H groups in total. The third-order valence-electron chi connectivity index (χ3n) is 3.64. The van der Waals surface area contributed by atoms with E-state index in [0.29, 0.717) is 19.3 Å². The molecule has 4 nitrogen and oxygen atoms in total. The van der Waals surface area contributed by atoms with Gasteiger partial charge in [0, 0.05) is 18.3 Å². The molecular formula is C10H16O4. The largest absolute Gasteiger partial charge is 0.394 e. The summed E-state index contributed by atoms with van der Waals surface area (Å²) in [5.41, 5.74) is -0.346. The summed E-state index contributed by atoms with van der Waals surface area (Å²) in [6.45, 7) is 1.76. The van der Waals surface area contributed by atoms with Gasteiger partial charge in [-0.25, -0.2) is 0 Å². The Hall–Kier alpha value is -0.450. The van der Waals surface area contributed by atoms with Gasteiger partial charge in [0.25, 0.3) is 0 Å². The number of fused-ring (bicyclic) bond motifs is 1. The molecule has 1 aliphatic heterocycles. The van der Waals surface area contributed by atoms with Crippen LogP contribution in [0.2, 0.25) is 0 Å². The number of hydrogen-bond acceptors (Lipinski definition) is 4. The van der Waals surface area contributed by atoms with Crippen molar-refractivity contribution in [3.63, 3.8) is 0 Å². The fourth-order valence-corrected chi connectivity index (χ4v) is 2.51. The first-order valence-corrected chi connectivity index (χ1v) is 5.04. The van der Waals surface area contributed by atoms with Crippen LogP contribution in [-0.4, -0.2) is 40.9 Å². The number of hydrogen-bond donors (Lipinski definition) is 2. The molecule has 2 fully saturated rings. The number of carbonyl (C=O) groups is 1. The number of Topliss-reactive ketones (excluding diaryl/α,β-unsaturated/α-hetero) is 1. The van der Waals surface area contributed by atoms with Gasteiger partial charge in [-0.15, -0.1) is 0 Å². The Morgan fingerprint density at radius 3 is 3.00 bits per heavy atom. The van der Waals surface area contributed by atoms with Crippen molar-refractivity contribution in [1.82, 2.24) is 0 Å². The summed E-state index contributed by atoms with van der Waals surface area (Å²) in [6, 6.07) is 0. The van der Waals surface area contributed by atoms with Crippen molar-refractivity contribution in [3.8, 4) is 0 Å². The fourth-order valence-electron chi connectivity index (χ4n) is 2.51. The van der Waals surface area contributed by atoms with Crippen LogP contribution in [-0.2, 0) is 9.53 Å². The topological polar surface area (TPSA) is 66.8 Å². The second-order valence-electron chi connectivity index (χ2n) is 4.54. The van der Waals surface area contributed by atoms with Gasteiger partial charge >= 0.3 is 0 Å². The summed E-state index contributed by atoms with van der Waals surface area (Å²) in [5, 5.41) is 18.9. The zero-order valence-corrected chi connectivity index (χ0v) is 8.27. The summed E-state index contributed by atoms with van der Waals surface area (Å²) in [6.07, 6.45) is 0.182. The minimum atomic E-state index is -0.648. The highest BCUT2D eigenvalue weighted by atomic mass is 16.5. The summed E-state index contributed by atoms with van der Waals surface area (Å²) in [7, 11) is 0. The maximum atomic E-state index is 11.2. The lowest BCUT2D eigenvalue weighted by Gasteiger charge is -2.35. The van der Waals surface area contributed by atoms with E-state index in [9.17, 15) is 9.90 Å². The molecule has 0 unspecified atom stereocenters. The molecule has 0 bridgehead atoms. The van der Waals surface area contributed by atoms with Gasteiger partial charge < -0.3 is 14.9 Å². The Labute approximate surface area is 82.9 Å². The SMILES string of the molecule is C[C@]12CCC(=O)C[C@H]1O[C@@H](CO)[C@H]2O. The van der Waals surface area contributed by atoms with Gasteiger partial charge in [-0.1, -0.05) is 6.92 Å². The highest BCUT2D eigenvalue weighted by Gasteiger charge is 2.54.